The maximum atomic E-state index is 13.5. The second-order valence-electron chi connectivity index (χ2n) is 8.92. The number of hydrogen-bond acceptors (Lipinski definition) is 8. The summed E-state index contributed by atoms with van der Waals surface area (Å²) in [5.74, 6) is 1.60. The van der Waals surface area contributed by atoms with E-state index in [4.69, 9.17) is 14.5 Å². The molecule has 1 fully saturated rings. The van der Waals surface area contributed by atoms with Gasteiger partial charge in [0, 0.05) is 28.1 Å². The number of halogens is 1. The zero-order chi connectivity index (χ0) is 26.6. The first-order chi connectivity index (χ1) is 18.4. The maximum Gasteiger partial charge on any atom is 0.287 e. The van der Waals surface area contributed by atoms with E-state index < -0.39 is 4.92 Å². The molecule has 0 saturated heterocycles. The number of aromatic nitrogens is 3. The van der Waals surface area contributed by atoms with E-state index in [0.717, 1.165) is 31.9 Å². The first-order valence-corrected chi connectivity index (χ1v) is 13.0. The van der Waals surface area contributed by atoms with Gasteiger partial charge in [-0.05, 0) is 37.1 Å². The van der Waals surface area contributed by atoms with Crippen molar-refractivity contribution in [3.8, 4) is 17.4 Å². The smallest absolute Gasteiger partial charge is 0.287 e. The van der Waals surface area contributed by atoms with Crippen LogP contribution >= 0.6 is 15.9 Å². The van der Waals surface area contributed by atoms with Crippen LogP contribution in [-0.4, -0.2) is 32.9 Å². The molecular formula is C27H24BrN5O5. The van der Waals surface area contributed by atoms with Gasteiger partial charge in [0.1, 0.15) is 12.0 Å². The van der Waals surface area contributed by atoms with Crippen LogP contribution in [0, 0.1) is 10.1 Å². The van der Waals surface area contributed by atoms with E-state index >= 15 is 0 Å². The van der Waals surface area contributed by atoms with Gasteiger partial charge in [-0.25, -0.2) is 9.97 Å². The molecule has 2 aromatic carbocycles. The molecule has 0 atom stereocenters. The summed E-state index contributed by atoms with van der Waals surface area (Å²) >= 11 is 3.48. The molecule has 2 heterocycles. The second-order valence-corrected chi connectivity index (χ2v) is 9.84. The number of nitrogens with zero attached hydrogens (tertiary/aromatic N) is 5. The Kier molecular flexibility index (Phi) is 7.45. The molecule has 194 valence electrons. The minimum Gasteiger partial charge on any atom is -0.493 e. The lowest BCUT2D eigenvalue weighted by molar-refractivity contribution is -0.385. The first kappa shape index (κ1) is 25.5. The number of nitro groups is 1. The van der Waals surface area contributed by atoms with Gasteiger partial charge in [-0.3, -0.25) is 14.9 Å². The summed E-state index contributed by atoms with van der Waals surface area (Å²) in [5.41, 5.74) is 0.766. The zero-order valence-corrected chi connectivity index (χ0v) is 22.1. The largest absolute Gasteiger partial charge is 0.493 e. The highest BCUT2D eigenvalue weighted by atomic mass is 79.9. The normalized spacial score (nSPS) is 14.2. The molecule has 38 heavy (non-hydrogen) atoms. The monoisotopic (exact) mass is 577 g/mol. The van der Waals surface area contributed by atoms with Gasteiger partial charge in [0.2, 0.25) is 5.88 Å². The van der Waals surface area contributed by atoms with Crippen LogP contribution in [0.25, 0.3) is 10.9 Å². The van der Waals surface area contributed by atoms with Crippen LogP contribution in [0.5, 0.6) is 17.4 Å². The van der Waals surface area contributed by atoms with E-state index in [1.807, 2.05) is 18.2 Å². The lowest BCUT2D eigenvalue weighted by Crippen LogP contribution is -2.25. The van der Waals surface area contributed by atoms with Gasteiger partial charge in [0.15, 0.2) is 11.5 Å². The number of para-hydroxylation sites is 1. The fourth-order valence-corrected chi connectivity index (χ4v) is 5.04. The van der Waals surface area contributed by atoms with Gasteiger partial charge in [-0.15, -0.1) is 0 Å². The van der Waals surface area contributed by atoms with Gasteiger partial charge in [0.05, 0.1) is 29.2 Å². The maximum absolute atomic E-state index is 13.5. The summed E-state index contributed by atoms with van der Waals surface area (Å²) in [7, 11) is 1.50. The lowest BCUT2D eigenvalue weighted by Gasteiger charge is -2.22. The number of rotatable bonds is 7. The first-order valence-electron chi connectivity index (χ1n) is 12.2. The Bertz CT molecular complexity index is 1580. The van der Waals surface area contributed by atoms with E-state index in [9.17, 15) is 14.9 Å². The summed E-state index contributed by atoms with van der Waals surface area (Å²) in [6.07, 6.45) is 7.88. The average molecular weight is 578 g/mol. The quantitative estimate of drug-likeness (QED) is 0.146. The molecule has 1 saturated carbocycles. The van der Waals surface area contributed by atoms with Gasteiger partial charge in [-0.2, -0.15) is 9.78 Å². The van der Waals surface area contributed by atoms with Crippen molar-refractivity contribution < 1.29 is 14.4 Å². The van der Waals surface area contributed by atoms with E-state index in [2.05, 4.69) is 26.0 Å². The van der Waals surface area contributed by atoms with Crippen molar-refractivity contribution in [2.75, 3.05) is 7.11 Å². The summed E-state index contributed by atoms with van der Waals surface area (Å²) in [5, 5.41) is 16.1. The van der Waals surface area contributed by atoms with Gasteiger partial charge >= 0.3 is 0 Å². The number of methoxy groups -OCH3 is 1. The van der Waals surface area contributed by atoms with Crippen LogP contribution in [0.3, 0.4) is 0 Å². The number of ether oxygens (including phenoxy) is 2. The van der Waals surface area contributed by atoms with Crippen molar-refractivity contribution in [1.82, 2.24) is 14.6 Å². The number of hydrogen-bond donors (Lipinski definition) is 0. The number of fused-ring (bicyclic) bond motifs is 1. The zero-order valence-electron chi connectivity index (χ0n) is 20.5. The Hall–Kier alpha value is -4.12. The molecule has 2 aromatic heterocycles. The van der Waals surface area contributed by atoms with E-state index in [-0.39, 0.29) is 23.0 Å². The molecule has 4 aromatic rings. The average Bonchev–Trinajstić information content (AvgIpc) is 2.94. The molecule has 0 N–H and O–H groups in total. The van der Waals surface area contributed by atoms with Crippen LogP contribution in [-0.2, 0) is 0 Å². The number of benzene rings is 2. The van der Waals surface area contributed by atoms with Crippen molar-refractivity contribution in [3.05, 3.63) is 91.1 Å². The highest BCUT2D eigenvalue weighted by molar-refractivity contribution is 9.10. The minimum atomic E-state index is -0.533. The Morgan fingerprint density at radius 1 is 1.16 bits per heavy atom. The molecule has 0 unspecified atom stereocenters. The highest BCUT2D eigenvalue weighted by Crippen LogP contribution is 2.37. The Morgan fingerprint density at radius 2 is 1.95 bits per heavy atom. The van der Waals surface area contributed by atoms with Crippen molar-refractivity contribution in [2.45, 2.75) is 38.0 Å². The molecular weight excluding hydrogens is 554 g/mol. The van der Waals surface area contributed by atoms with Crippen LogP contribution < -0.4 is 15.0 Å². The Balaban J connectivity index is 1.60. The van der Waals surface area contributed by atoms with Crippen LogP contribution in [0.15, 0.2) is 69.1 Å². The van der Waals surface area contributed by atoms with Crippen molar-refractivity contribution in [1.29, 1.82) is 0 Å². The molecule has 1 aliphatic carbocycles. The van der Waals surface area contributed by atoms with Gasteiger partial charge < -0.3 is 9.47 Å². The fraction of sp³-hybridized carbons (Fsp3) is 0.259. The fourth-order valence-electron chi connectivity index (χ4n) is 4.59. The highest BCUT2D eigenvalue weighted by Gasteiger charge is 2.23. The van der Waals surface area contributed by atoms with E-state index in [1.54, 1.807) is 18.2 Å². The van der Waals surface area contributed by atoms with Crippen molar-refractivity contribution >= 4 is 38.7 Å². The van der Waals surface area contributed by atoms with Crippen LogP contribution in [0.4, 0.5) is 5.69 Å². The molecule has 11 heteroatoms. The van der Waals surface area contributed by atoms with Crippen LogP contribution in [0.2, 0.25) is 0 Å². The molecule has 0 bridgehead atoms. The topological polar surface area (TPSA) is 122 Å². The Labute approximate surface area is 226 Å². The standard InChI is InChI=1S/C27H24BrN5O5/c1-37-23-14-19(28)13-18(25(23)38-24-12-11-20(16-29-24)33(35)36)15-30-32-26(17-7-3-2-4-8-17)31-22-10-6-5-9-21(22)27(32)34/h5-6,9-17H,2-4,7-8H2,1H3. The summed E-state index contributed by atoms with van der Waals surface area (Å²) in [4.78, 5) is 32.9. The predicted molar refractivity (Wildman–Crippen MR) is 146 cm³/mol. The summed E-state index contributed by atoms with van der Waals surface area (Å²) < 4.78 is 13.6. The van der Waals surface area contributed by atoms with Crippen molar-refractivity contribution in [2.24, 2.45) is 5.10 Å². The third kappa shape index (κ3) is 5.28. The second kappa shape index (κ2) is 11.1. The number of pyridine rings is 1. The van der Waals surface area contributed by atoms with Crippen molar-refractivity contribution in [3.63, 3.8) is 0 Å². The van der Waals surface area contributed by atoms with Gasteiger partial charge in [-0.1, -0.05) is 47.3 Å². The molecule has 1 aliphatic rings. The van der Waals surface area contributed by atoms with Crippen LogP contribution in [0.1, 0.15) is 49.4 Å². The molecule has 0 spiro atoms. The summed E-state index contributed by atoms with van der Waals surface area (Å²) in [6.45, 7) is 0. The molecule has 0 aliphatic heterocycles. The SMILES string of the molecule is COc1cc(Br)cc(C=Nn2c(C3CCCCC3)nc3ccccc3c2=O)c1Oc1ccc([N+](=O)[O-])cn1. The lowest BCUT2D eigenvalue weighted by atomic mass is 9.88. The minimum absolute atomic E-state index is 0.135. The molecule has 5 rings (SSSR count). The third-order valence-corrected chi connectivity index (χ3v) is 6.93. The van der Waals surface area contributed by atoms with E-state index in [1.165, 1.54) is 36.6 Å². The van der Waals surface area contributed by atoms with Gasteiger partial charge in [0.25, 0.3) is 11.2 Å². The molecule has 0 radical (unpaired) electrons. The third-order valence-electron chi connectivity index (χ3n) is 6.47. The molecule has 0 amide bonds. The summed E-state index contributed by atoms with van der Waals surface area (Å²) in [6, 6.07) is 13.5. The van der Waals surface area contributed by atoms with E-state index in [0.29, 0.717) is 38.3 Å². The Morgan fingerprint density at radius 3 is 2.66 bits per heavy atom. The predicted octanol–water partition coefficient (Wildman–Crippen LogP) is 6.19. The molecule has 10 nitrogen and oxygen atoms in total.